The molecule has 0 saturated heterocycles. The molecule has 0 radical (unpaired) electrons. The molecule has 6 nitrogen and oxygen atoms in total. The fraction of sp³-hybridized carbons (Fsp3) is 0.500. The van der Waals surface area contributed by atoms with Crippen LogP contribution in [0, 0.1) is 6.92 Å². The largest absolute Gasteiger partial charge is 0.461 e. The number of aromatic nitrogens is 1. The van der Waals surface area contributed by atoms with E-state index in [1.165, 1.54) is 7.11 Å². The average Bonchev–Trinajstić information content (AvgIpc) is 2.32. The molecule has 1 N–H and O–H groups in total. The molecule has 18 heavy (non-hydrogen) atoms. The third kappa shape index (κ3) is 2.38. The highest BCUT2D eigenvalue weighted by Crippen LogP contribution is 2.37. The summed E-state index contributed by atoms with van der Waals surface area (Å²) in [4.78, 5) is 15.4. The lowest BCUT2D eigenvalue weighted by molar-refractivity contribution is -0.180. The number of amides is 1. The second-order valence-electron chi connectivity index (χ2n) is 4.47. The molecule has 0 spiro atoms. The van der Waals surface area contributed by atoms with Gasteiger partial charge in [-0.25, -0.2) is 4.79 Å². The normalized spacial score (nSPS) is 16.4. The van der Waals surface area contributed by atoms with E-state index in [4.69, 9.17) is 9.47 Å². The zero-order valence-corrected chi connectivity index (χ0v) is 10.9. The Morgan fingerprint density at radius 3 is 2.94 bits per heavy atom. The van der Waals surface area contributed by atoms with Crippen molar-refractivity contribution in [3.05, 3.63) is 17.5 Å². The van der Waals surface area contributed by atoms with E-state index < -0.39 is 11.9 Å². The second kappa shape index (κ2) is 4.45. The summed E-state index contributed by atoms with van der Waals surface area (Å²) in [6.07, 6.45) is 1.02. The fourth-order valence-electron chi connectivity index (χ4n) is 1.71. The number of aryl methyl sites for hydroxylation is 1. The van der Waals surface area contributed by atoms with E-state index in [1.807, 2.05) is 20.8 Å². The molecule has 0 unspecified atom stereocenters. The Morgan fingerprint density at radius 2 is 2.28 bits per heavy atom. The number of methoxy groups -OCH3 is 1. The molecular weight excluding hydrogens is 236 g/mol. The molecule has 1 aliphatic heterocycles. The Bertz CT molecular complexity index is 485. The number of ether oxygens (including phenoxy) is 3. The van der Waals surface area contributed by atoms with Crippen molar-refractivity contribution in [3.8, 4) is 5.75 Å². The predicted octanol–water partition coefficient (Wildman–Crippen LogP) is 2.21. The van der Waals surface area contributed by atoms with Gasteiger partial charge in [0.05, 0.1) is 31.3 Å². The number of carbonyl (C=O) groups is 1. The third-order valence-electron chi connectivity index (χ3n) is 2.65. The zero-order chi connectivity index (χ0) is 13.3. The van der Waals surface area contributed by atoms with Gasteiger partial charge < -0.3 is 14.2 Å². The molecule has 2 rings (SSSR count). The highest BCUT2D eigenvalue weighted by atomic mass is 16.7. The van der Waals surface area contributed by atoms with Gasteiger partial charge in [-0.3, -0.25) is 10.3 Å². The van der Waals surface area contributed by atoms with E-state index in [-0.39, 0.29) is 0 Å². The van der Waals surface area contributed by atoms with Crippen LogP contribution in [0.3, 0.4) is 0 Å². The second-order valence-corrected chi connectivity index (χ2v) is 4.47. The highest BCUT2D eigenvalue weighted by Gasteiger charge is 2.30. The van der Waals surface area contributed by atoms with Gasteiger partial charge in [-0.1, -0.05) is 0 Å². The Morgan fingerprint density at radius 1 is 1.56 bits per heavy atom. The maximum absolute atomic E-state index is 11.2. The maximum atomic E-state index is 11.2. The van der Waals surface area contributed by atoms with Gasteiger partial charge in [-0.05, 0) is 6.92 Å². The van der Waals surface area contributed by atoms with Crippen LogP contribution < -0.4 is 10.1 Å². The first-order valence-corrected chi connectivity index (χ1v) is 5.59. The monoisotopic (exact) mass is 252 g/mol. The summed E-state index contributed by atoms with van der Waals surface area (Å²) in [7, 11) is 1.31. The minimum atomic E-state index is -0.691. The molecule has 0 aliphatic carbocycles. The molecule has 6 heteroatoms. The Kier molecular flexibility index (Phi) is 3.13. The van der Waals surface area contributed by atoms with Crippen molar-refractivity contribution in [2.24, 2.45) is 0 Å². The van der Waals surface area contributed by atoms with Crippen LogP contribution in [0.1, 0.15) is 25.1 Å². The average molecular weight is 252 g/mol. The smallest absolute Gasteiger partial charge is 0.411 e. The number of hydrogen-bond acceptors (Lipinski definition) is 5. The molecule has 0 saturated carbocycles. The van der Waals surface area contributed by atoms with Gasteiger partial charge in [0.25, 0.3) is 0 Å². The zero-order valence-electron chi connectivity index (χ0n) is 10.9. The van der Waals surface area contributed by atoms with Crippen LogP contribution in [0.15, 0.2) is 6.20 Å². The van der Waals surface area contributed by atoms with Crippen molar-refractivity contribution in [3.63, 3.8) is 0 Å². The van der Waals surface area contributed by atoms with Gasteiger partial charge in [0.15, 0.2) is 5.75 Å². The van der Waals surface area contributed by atoms with Gasteiger partial charge in [0.2, 0.25) is 5.79 Å². The predicted molar refractivity (Wildman–Crippen MR) is 64.5 cm³/mol. The molecular formula is C12H16N2O4. The number of pyridine rings is 1. The molecule has 0 atom stereocenters. The van der Waals surface area contributed by atoms with Crippen LogP contribution in [-0.2, 0) is 16.1 Å². The number of fused-ring (bicyclic) bond motifs is 1. The minimum absolute atomic E-state index is 0.352. The van der Waals surface area contributed by atoms with Crippen molar-refractivity contribution in [2.45, 2.75) is 33.2 Å². The first-order chi connectivity index (χ1) is 8.43. The van der Waals surface area contributed by atoms with Gasteiger partial charge >= 0.3 is 6.09 Å². The van der Waals surface area contributed by atoms with E-state index in [0.717, 1.165) is 11.3 Å². The van der Waals surface area contributed by atoms with Crippen molar-refractivity contribution in [2.75, 3.05) is 12.4 Å². The Hall–Kier alpha value is -1.82. The van der Waals surface area contributed by atoms with Crippen LogP contribution in [0.5, 0.6) is 5.75 Å². The van der Waals surface area contributed by atoms with Crippen molar-refractivity contribution in [1.82, 2.24) is 4.98 Å². The van der Waals surface area contributed by atoms with E-state index in [2.05, 4.69) is 15.0 Å². The molecule has 1 aromatic rings. The van der Waals surface area contributed by atoms with Crippen LogP contribution in [0.25, 0.3) is 0 Å². The summed E-state index contributed by atoms with van der Waals surface area (Å²) < 4.78 is 15.8. The summed E-state index contributed by atoms with van der Waals surface area (Å²) in [5.41, 5.74) is 2.07. The summed E-state index contributed by atoms with van der Waals surface area (Å²) in [6.45, 7) is 5.86. The Labute approximate surface area is 105 Å². The first kappa shape index (κ1) is 12.6. The number of carbonyl (C=O) groups excluding carboxylic acids is 1. The summed E-state index contributed by atoms with van der Waals surface area (Å²) in [5, 5.41) is 2.59. The van der Waals surface area contributed by atoms with Crippen molar-refractivity contribution < 1.29 is 19.0 Å². The number of nitrogens with one attached hydrogen (secondary N) is 1. The van der Waals surface area contributed by atoms with E-state index in [0.29, 0.717) is 18.0 Å². The van der Waals surface area contributed by atoms with Crippen LogP contribution in [0.2, 0.25) is 0 Å². The molecule has 0 fully saturated rings. The Balaban J connectivity index is 2.38. The van der Waals surface area contributed by atoms with E-state index in [1.54, 1.807) is 6.20 Å². The highest BCUT2D eigenvalue weighted by molar-refractivity contribution is 5.86. The van der Waals surface area contributed by atoms with Crippen molar-refractivity contribution >= 4 is 11.8 Å². The number of hydrogen-bond donors (Lipinski definition) is 1. The topological polar surface area (TPSA) is 69.7 Å². The molecule has 0 aromatic carbocycles. The summed E-state index contributed by atoms with van der Waals surface area (Å²) in [6, 6.07) is 0. The van der Waals surface area contributed by atoms with Gasteiger partial charge in [-0.2, -0.15) is 0 Å². The lowest BCUT2D eigenvalue weighted by Crippen LogP contribution is -2.36. The quantitative estimate of drug-likeness (QED) is 0.829. The molecule has 1 aliphatic rings. The van der Waals surface area contributed by atoms with Crippen LogP contribution >= 0.6 is 0 Å². The van der Waals surface area contributed by atoms with Gasteiger partial charge in [0.1, 0.15) is 0 Å². The van der Waals surface area contributed by atoms with Gasteiger partial charge in [-0.15, -0.1) is 0 Å². The maximum Gasteiger partial charge on any atom is 0.411 e. The fourth-order valence-corrected chi connectivity index (χ4v) is 1.71. The first-order valence-electron chi connectivity index (χ1n) is 5.59. The molecule has 98 valence electrons. The number of nitrogens with zero attached hydrogens (tertiary/aromatic N) is 1. The number of anilines is 1. The van der Waals surface area contributed by atoms with Crippen LogP contribution in [0.4, 0.5) is 10.5 Å². The van der Waals surface area contributed by atoms with E-state index in [9.17, 15) is 4.79 Å². The third-order valence-corrected chi connectivity index (χ3v) is 2.65. The minimum Gasteiger partial charge on any atom is -0.461 e. The van der Waals surface area contributed by atoms with E-state index >= 15 is 0 Å². The molecule has 1 aromatic heterocycles. The lowest BCUT2D eigenvalue weighted by atomic mass is 10.1. The number of rotatable bonds is 1. The molecule has 1 amide bonds. The lowest BCUT2D eigenvalue weighted by Gasteiger charge is -2.33. The standard InChI is InChI=1S/C12H16N2O4/c1-7-10-8(6-17-12(2,3)18-10)9(5-13-7)14-11(15)16-4/h5H,6H2,1-4H3,(H,14,15). The van der Waals surface area contributed by atoms with Crippen LogP contribution in [-0.4, -0.2) is 24.0 Å². The van der Waals surface area contributed by atoms with Crippen molar-refractivity contribution in [1.29, 1.82) is 0 Å². The summed E-state index contributed by atoms with van der Waals surface area (Å²) >= 11 is 0. The SMILES string of the molecule is COC(=O)Nc1cnc(C)c2c1COC(C)(C)O2. The molecule has 2 heterocycles. The summed E-state index contributed by atoms with van der Waals surface area (Å²) in [5.74, 6) is -0.0382. The molecule has 0 bridgehead atoms. The van der Waals surface area contributed by atoms with Gasteiger partial charge in [0, 0.05) is 19.4 Å².